The Kier molecular flexibility index (Phi) is 4.30. The first-order chi connectivity index (χ1) is 8.95. The van der Waals surface area contributed by atoms with Crippen molar-refractivity contribution in [2.75, 3.05) is 7.11 Å². The maximum atomic E-state index is 12.5. The molecule has 0 aliphatic heterocycles. The fourth-order valence-electron chi connectivity index (χ4n) is 1.20. The highest BCUT2D eigenvalue weighted by atomic mass is 19.4. The molecule has 1 aromatic heterocycles. The molecule has 1 aromatic rings. The largest absolute Gasteiger partial charge is 0.574 e. The van der Waals surface area contributed by atoms with Crippen LogP contribution in [-0.2, 0) is 6.18 Å². The van der Waals surface area contributed by atoms with E-state index in [-0.39, 0.29) is 6.07 Å². The average molecular weight is 311 g/mol. The zero-order valence-electron chi connectivity index (χ0n) is 9.44. The van der Waals surface area contributed by atoms with Crippen molar-refractivity contribution in [3.05, 3.63) is 17.3 Å². The van der Waals surface area contributed by atoms with Crippen LogP contribution in [0.4, 0.5) is 35.1 Å². The monoisotopic (exact) mass is 311 g/mol. The van der Waals surface area contributed by atoms with Gasteiger partial charge in [0.05, 0.1) is 7.11 Å². The third-order valence-corrected chi connectivity index (χ3v) is 1.92. The topological polar surface area (TPSA) is 31.4 Å². The van der Waals surface area contributed by atoms with Gasteiger partial charge in [0.15, 0.2) is 5.69 Å². The lowest BCUT2D eigenvalue weighted by atomic mass is 10.2. The lowest BCUT2D eigenvalue weighted by Crippen LogP contribution is -2.22. The highest BCUT2D eigenvalue weighted by Gasteiger charge is 2.42. The van der Waals surface area contributed by atoms with Crippen molar-refractivity contribution < 1.29 is 44.6 Å². The minimum Gasteiger partial charge on any atom is -0.495 e. The van der Waals surface area contributed by atoms with Crippen LogP contribution in [0.3, 0.4) is 0 Å². The molecule has 0 radical (unpaired) electrons. The predicted molar refractivity (Wildman–Crippen MR) is 47.4 cm³/mol. The number of hydrogen-bond acceptors (Lipinski definition) is 3. The van der Waals surface area contributed by atoms with E-state index >= 15 is 0 Å². The quantitative estimate of drug-likeness (QED) is 0.792. The van der Waals surface area contributed by atoms with Gasteiger partial charge >= 0.3 is 12.5 Å². The molecule has 0 unspecified atom stereocenters. The number of rotatable bonds is 3. The van der Waals surface area contributed by atoms with Crippen LogP contribution in [0.5, 0.6) is 11.6 Å². The first-order valence-electron chi connectivity index (χ1n) is 4.65. The Hall–Kier alpha value is -1.81. The molecule has 0 aliphatic rings. The number of alkyl halides is 8. The van der Waals surface area contributed by atoms with Crippen LogP contribution >= 0.6 is 0 Å². The summed E-state index contributed by atoms with van der Waals surface area (Å²) >= 11 is 0. The van der Waals surface area contributed by atoms with Crippen molar-refractivity contribution in [1.29, 1.82) is 0 Å². The molecule has 0 aromatic carbocycles. The van der Waals surface area contributed by atoms with Gasteiger partial charge in [-0.2, -0.15) is 13.2 Å². The van der Waals surface area contributed by atoms with Gasteiger partial charge in [0.25, 0.3) is 6.43 Å². The summed E-state index contributed by atoms with van der Waals surface area (Å²) < 4.78 is 106. The Bertz CT molecular complexity index is 482. The van der Waals surface area contributed by atoms with Gasteiger partial charge in [-0.15, -0.1) is 13.2 Å². The van der Waals surface area contributed by atoms with Crippen LogP contribution in [-0.4, -0.2) is 18.5 Å². The Morgan fingerprint density at radius 1 is 1.10 bits per heavy atom. The number of aromatic nitrogens is 1. The molecule has 0 saturated carbocycles. The van der Waals surface area contributed by atoms with E-state index in [0.29, 0.717) is 0 Å². The van der Waals surface area contributed by atoms with Crippen LogP contribution in [0.25, 0.3) is 0 Å². The Labute approximate surface area is 106 Å². The fourth-order valence-corrected chi connectivity index (χ4v) is 1.20. The zero-order chi connectivity index (χ0) is 15.7. The van der Waals surface area contributed by atoms with Crippen molar-refractivity contribution in [2.45, 2.75) is 19.0 Å². The molecule has 114 valence electrons. The van der Waals surface area contributed by atoms with Crippen molar-refractivity contribution in [2.24, 2.45) is 0 Å². The number of hydrogen-bond donors (Lipinski definition) is 0. The molecule has 0 atom stereocenters. The van der Waals surface area contributed by atoms with Crippen molar-refractivity contribution in [3.63, 3.8) is 0 Å². The standard InChI is InChI=1S/C9H5F8NO2/c1-19-4-2-3(8(12,13)14)7(20-9(15,16)17)18-5(4)6(10)11/h2,6H,1H3. The molecule has 0 spiro atoms. The van der Waals surface area contributed by atoms with Gasteiger partial charge in [0.1, 0.15) is 11.3 Å². The van der Waals surface area contributed by atoms with E-state index in [0.717, 1.165) is 7.11 Å². The number of methoxy groups -OCH3 is 1. The third kappa shape index (κ3) is 3.84. The van der Waals surface area contributed by atoms with Crippen LogP contribution in [0, 0.1) is 0 Å². The van der Waals surface area contributed by atoms with Gasteiger partial charge in [0, 0.05) is 0 Å². The molecule has 0 aliphatic carbocycles. The number of ether oxygens (including phenoxy) is 2. The van der Waals surface area contributed by atoms with Crippen molar-refractivity contribution >= 4 is 0 Å². The summed E-state index contributed by atoms with van der Waals surface area (Å²) in [5, 5.41) is 0. The summed E-state index contributed by atoms with van der Waals surface area (Å²) in [6.07, 6.45) is -14.2. The zero-order valence-corrected chi connectivity index (χ0v) is 9.44. The molecule has 0 bridgehead atoms. The van der Waals surface area contributed by atoms with Crippen molar-refractivity contribution in [3.8, 4) is 11.6 Å². The second-order valence-electron chi connectivity index (χ2n) is 3.27. The molecule has 0 saturated heterocycles. The Balaban J connectivity index is 3.48. The maximum Gasteiger partial charge on any atom is 0.574 e. The molecule has 1 heterocycles. The smallest absolute Gasteiger partial charge is 0.495 e. The van der Waals surface area contributed by atoms with Gasteiger partial charge in [-0.25, -0.2) is 13.8 Å². The van der Waals surface area contributed by atoms with Crippen LogP contribution in [0.15, 0.2) is 6.07 Å². The highest BCUT2D eigenvalue weighted by Crippen LogP contribution is 2.41. The second-order valence-corrected chi connectivity index (χ2v) is 3.27. The summed E-state index contributed by atoms with van der Waals surface area (Å²) in [6.45, 7) is 0. The highest BCUT2D eigenvalue weighted by molar-refractivity contribution is 5.41. The first-order valence-corrected chi connectivity index (χ1v) is 4.65. The second kappa shape index (κ2) is 5.29. The predicted octanol–water partition coefficient (Wildman–Crippen LogP) is 3.95. The summed E-state index contributed by atoms with van der Waals surface area (Å²) in [4.78, 5) is 2.56. The molecule has 0 amide bonds. The van der Waals surface area contributed by atoms with Crippen LogP contribution in [0.2, 0.25) is 0 Å². The fraction of sp³-hybridized carbons (Fsp3) is 0.444. The summed E-state index contributed by atoms with van der Waals surface area (Å²) in [6, 6.07) is -0.0322. The Morgan fingerprint density at radius 3 is 2.00 bits per heavy atom. The maximum absolute atomic E-state index is 12.5. The third-order valence-electron chi connectivity index (χ3n) is 1.92. The van der Waals surface area contributed by atoms with Gasteiger partial charge < -0.3 is 9.47 Å². The minimum atomic E-state index is -5.51. The van der Waals surface area contributed by atoms with Gasteiger partial charge in [-0.3, -0.25) is 0 Å². The summed E-state index contributed by atoms with van der Waals surface area (Å²) in [7, 11) is 0.771. The Morgan fingerprint density at radius 2 is 1.65 bits per heavy atom. The number of pyridine rings is 1. The average Bonchev–Trinajstić information content (AvgIpc) is 2.24. The lowest BCUT2D eigenvalue weighted by Gasteiger charge is -2.17. The van der Waals surface area contributed by atoms with E-state index in [2.05, 4.69) is 14.5 Å². The first kappa shape index (κ1) is 16.2. The molecule has 20 heavy (non-hydrogen) atoms. The number of halogens is 8. The van der Waals surface area contributed by atoms with Crippen LogP contribution in [0.1, 0.15) is 17.7 Å². The molecule has 1 rings (SSSR count). The molecular formula is C9H5F8NO2. The molecule has 3 nitrogen and oxygen atoms in total. The van der Waals surface area contributed by atoms with Gasteiger partial charge in [0.2, 0.25) is 5.88 Å². The normalized spacial score (nSPS) is 12.7. The van der Waals surface area contributed by atoms with Crippen LogP contribution < -0.4 is 9.47 Å². The van der Waals surface area contributed by atoms with Crippen molar-refractivity contribution in [1.82, 2.24) is 4.98 Å². The number of nitrogens with zero attached hydrogens (tertiary/aromatic N) is 1. The van der Waals surface area contributed by atoms with Gasteiger partial charge in [-0.05, 0) is 6.07 Å². The molecular weight excluding hydrogens is 306 g/mol. The summed E-state index contributed by atoms with van der Waals surface area (Å²) in [5.74, 6) is -3.01. The summed E-state index contributed by atoms with van der Waals surface area (Å²) in [5.41, 5.74) is -3.36. The molecule has 0 N–H and O–H groups in total. The molecule has 11 heteroatoms. The lowest BCUT2D eigenvalue weighted by molar-refractivity contribution is -0.278. The minimum absolute atomic E-state index is 0.0322. The SMILES string of the molecule is COc1cc(C(F)(F)F)c(OC(F)(F)F)nc1C(F)F. The van der Waals surface area contributed by atoms with E-state index in [1.165, 1.54) is 0 Å². The van der Waals surface area contributed by atoms with E-state index in [4.69, 9.17) is 0 Å². The van der Waals surface area contributed by atoms with E-state index in [9.17, 15) is 35.1 Å². The molecule has 0 fully saturated rings. The van der Waals surface area contributed by atoms with E-state index < -0.39 is 41.9 Å². The van der Waals surface area contributed by atoms with Gasteiger partial charge in [-0.1, -0.05) is 0 Å². The van der Waals surface area contributed by atoms with E-state index in [1.807, 2.05) is 0 Å². The van der Waals surface area contributed by atoms with E-state index in [1.54, 1.807) is 0 Å².